The van der Waals surface area contributed by atoms with E-state index < -0.39 is 0 Å². The summed E-state index contributed by atoms with van der Waals surface area (Å²) in [5, 5.41) is 2.42. The lowest BCUT2D eigenvalue weighted by atomic mass is 10.0. The molecule has 1 saturated heterocycles. The quantitative estimate of drug-likeness (QED) is 0.849. The Bertz CT molecular complexity index is 882. The summed E-state index contributed by atoms with van der Waals surface area (Å²) in [6.45, 7) is 6.28. The van der Waals surface area contributed by atoms with E-state index in [9.17, 15) is 0 Å². The molecule has 0 bridgehead atoms. The summed E-state index contributed by atoms with van der Waals surface area (Å²) < 4.78 is 11.0. The van der Waals surface area contributed by atoms with E-state index in [0.717, 1.165) is 55.7 Å². The van der Waals surface area contributed by atoms with Gasteiger partial charge in [-0.2, -0.15) is 0 Å². The van der Waals surface area contributed by atoms with Crippen LogP contribution in [0.4, 0.5) is 5.69 Å². The second kappa shape index (κ2) is 7.00. The average Bonchev–Trinajstić information content (AvgIpc) is 2.69. The molecule has 0 N–H and O–H groups in total. The van der Waals surface area contributed by atoms with Gasteiger partial charge in [-0.15, -0.1) is 0 Å². The lowest BCUT2D eigenvalue weighted by Crippen LogP contribution is -2.36. The van der Waals surface area contributed by atoms with Gasteiger partial charge in [0.05, 0.1) is 26.0 Å². The van der Waals surface area contributed by atoms with Gasteiger partial charge in [0.25, 0.3) is 0 Å². The summed E-state index contributed by atoms with van der Waals surface area (Å²) in [5.41, 5.74) is 3.44. The molecule has 5 heteroatoms. The third-order valence-electron chi connectivity index (χ3n) is 5.18. The van der Waals surface area contributed by atoms with Crippen molar-refractivity contribution in [2.45, 2.75) is 6.92 Å². The van der Waals surface area contributed by atoms with Crippen LogP contribution in [0.25, 0.3) is 16.5 Å². The first-order valence-electron chi connectivity index (χ1n) is 9.07. The molecule has 0 atom stereocenters. The van der Waals surface area contributed by atoms with Crippen molar-refractivity contribution in [1.29, 1.82) is 0 Å². The van der Waals surface area contributed by atoms with Crippen molar-refractivity contribution in [3.8, 4) is 5.75 Å². The molecule has 1 fully saturated rings. The van der Waals surface area contributed by atoms with Crippen LogP contribution in [-0.4, -0.2) is 57.7 Å². The molecule has 2 heterocycles. The number of amidine groups is 1. The number of methoxy groups -OCH3 is 1. The highest BCUT2D eigenvalue weighted by molar-refractivity contribution is 5.99. The fourth-order valence-electron chi connectivity index (χ4n) is 3.50. The van der Waals surface area contributed by atoms with Gasteiger partial charge in [0.15, 0.2) is 0 Å². The summed E-state index contributed by atoms with van der Waals surface area (Å²) in [4.78, 5) is 9.35. The van der Waals surface area contributed by atoms with Gasteiger partial charge in [0, 0.05) is 43.3 Å². The molecule has 0 amide bonds. The molecule has 0 spiro atoms. The number of hydrogen-bond acceptors (Lipinski definition) is 5. The van der Waals surface area contributed by atoms with E-state index in [1.54, 1.807) is 7.11 Å². The molecule has 0 unspecified atom stereocenters. The number of rotatable bonds is 3. The molecule has 4 rings (SSSR count). The monoisotopic (exact) mass is 351 g/mol. The molecule has 26 heavy (non-hydrogen) atoms. The van der Waals surface area contributed by atoms with Gasteiger partial charge in [0.2, 0.25) is 0 Å². The molecule has 0 saturated carbocycles. The van der Waals surface area contributed by atoms with Gasteiger partial charge in [-0.1, -0.05) is 6.07 Å². The second-order valence-electron chi connectivity index (χ2n) is 6.81. The smallest absolute Gasteiger partial charge is 0.119 e. The highest BCUT2D eigenvalue weighted by Gasteiger charge is 2.18. The fraction of sp³-hybridized carbons (Fsp3) is 0.381. The lowest BCUT2D eigenvalue weighted by molar-refractivity contribution is 0.123. The Kier molecular flexibility index (Phi) is 4.55. The maximum Gasteiger partial charge on any atom is 0.119 e. The highest BCUT2D eigenvalue weighted by atomic mass is 16.5. The number of aliphatic imine (C=N–C) groups is 1. The number of anilines is 1. The number of hydrogen-bond donors (Lipinski definition) is 0. The number of morpholine rings is 1. The zero-order valence-corrected chi connectivity index (χ0v) is 15.7. The largest absolute Gasteiger partial charge is 0.497 e. The highest BCUT2D eigenvalue weighted by Crippen LogP contribution is 2.35. The van der Waals surface area contributed by atoms with Crippen molar-refractivity contribution in [3.05, 3.63) is 42.0 Å². The van der Waals surface area contributed by atoms with Gasteiger partial charge >= 0.3 is 0 Å². The van der Waals surface area contributed by atoms with Crippen LogP contribution in [0.1, 0.15) is 12.5 Å². The third-order valence-corrected chi connectivity index (χ3v) is 5.18. The second-order valence-corrected chi connectivity index (χ2v) is 6.81. The molecule has 0 aromatic heterocycles. The van der Waals surface area contributed by atoms with Crippen molar-refractivity contribution in [1.82, 2.24) is 4.90 Å². The van der Waals surface area contributed by atoms with Gasteiger partial charge in [-0.3, -0.25) is 0 Å². The predicted molar refractivity (Wildman–Crippen MR) is 107 cm³/mol. The Labute approximate surface area is 154 Å². The predicted octanol–water partition coefficient (Wildman–Crippen LogP) is 3.39. The van der Waals surface area contributed by atoms with Crippen LogP contribution in [0.2, 0.25) is 0 Å². The molecule has 136 valence electrons. The zero-order valence-electron chi connectivity index (χ0n) is 15.7. The Morgan fingerprint density at radius 2 is 1.92 bits per heavy atom. The van der Waals surface area contributed by atoms with Crippen molar-refractivity contribution in [3.63, 3.8) is 0 Å². The fourth-order valence-corrected chi connectivity index (χ4v) is 3.50. The van der Waals surface area contributed by atoms with E-state index in [1.165, 1.54) is 16.5 Å². The minimum absolute atomic E-state index is 0.764. The minimum atomic E-state index is 0.764. The van der Waals surface area contributed by atoms with E-state index in [2.05, 4.69) is 54.1 Å². The summed E-state index contributed by atoms with van der Waals surface area (Å²) >= 11 is 0. The average molecular weight is 351 g/mol. The standard InChI is InChI=1S/C21H25N3O2/c1-15-22-20(6-7-23(15)2)17-12-16-4-5-18(25-3)14-19(16)21(13-17)24-8-10-26-11-9-24/h4-6,12-14H,7-11H2,1-3H3. The van der Waals surface area contributed by atoms with Crippen LogP contribution >= 0.6 is 0 Å². The van der Waals surface area contributed by atoms with E-state index in [4.69, 9.17) is 14.5 Å². The summed E-state index contributed by atoms with van der Waals surface area (Å²) in [6.07, 6.45) is 2.20. The molecule has 2 aliphatic heterocycles. The van der Waals surface area contributed by atoms with Crippen molar-refractivity contribution >= 4 is 28.0 Å². The van der Waals surface area contributed by atoms with Crippen LogP contribution in [0.15, 0.2) is 41.4 Å². The van der Waals surface area contributed by atoms with E-state index in [0.29, 0.717) is 0 Å². The van der Waals surface area contributed by atoms with Gasteiger partial charge in [-0.05, 0) is 42.7 Å². The number of nitrogens with zero attached hydrogens (tertiary/aromatic N) is 3. The number of likely N-dealkylation sites (N-methyl/N-ethyl adjacent to an activating group) is 1. The molecule has 5 nitrogen and oxygen atoms in total. The topological polar surface area (TPSA) is 37.3 Å². The first-order valence-corrected chi connectivity index (χ1v) is 9.07. The van der Waals surface area contributed by atoms with Crippen LogP contribution < -0.4 is 9.64 Å². The summed E-state index contributed by atoms with van der Waals surface area (Å²) in [5.74, 6) is 1.93. The normalized spacial score (nSPS) is 18.0. The Balaban J connectivity index is 1.85. The summed E-state index contributed by atoms with van der Waals surface area (Å²) in [6, 6.07) is 10.8. The molecule has 2 aliphatic rings. The minimum Gasteiger partial charge on any atom is -0.497 e. The lowest BCUT2D eigenvalue weighted by Gasteiger charge is -2.31. The van der Waals surface area contributed by atoms with Gasteiger partial charge in [0.1, 0.15) is 11.6 Å². The van der Waals surface area contributed by atoms with Crippen LogP contribution in [0, 0.1) is 0 Å². The van der Waals surface area contributed by atoms with E-state index in [1.807, 2.05) is 6.07 Å². The Morgan fingerprint density at radius 1 is 1.12 bits per heavy atom. The molecule has 2 aromatic rings. The Hall–Kier alpha value is -2.53. The summed E-state index contributed by atoms with van der Waals surface area (Å²) in [7, 11) is 3.78. The van der Waals surface area contributed by atoms with Crippen LogP contribution in [0.3, 0.4) is 0 Å². The van der Waals surface area contributed by atoms with Crippen molar-refractivity contribution in [2.24, 2.45) is 4.99 Å². The van der Waals surface area contributed by atoms with Crippen molar-refractivity contribution < 1.29 is 9.47 Å². The Morgan fingerprint density at radius 3 is 2.65 bits per heavy atom. The van der Waals surface area contributed by atoms with E-state index in [-0.39, 0.29) is 0 Å². The first-order chi connectivity index (χ1) is 12.7. The molecular formula is C21H25N3O2. The van der Waals surface area contributed by atoms with Gasteiger partial charge in [-0.25, -0.2) is 4.99 Å². The SMILES string of the molecule is COc1ccc2cc(C3=CCN(C)C(C)=N3)cc(N3CCOCC3)c2c1. The maximum atomic E-state index is 5.55. The molecule has 0 aliphatic carbocycles. The maximum absolute atomic E-state index is 5.55. The van der Waals surface area contributed by atoms with Crippen LogP contribution in [-0.2, 0) is 4.74 Å². The zero-order chi connectivity index (χ0) is 18.1. The number of fused-ring (bicyclic) bond motifs is 1. The van der Waals surface area contributed by atoms with Crippen molar-refractivity contribution in [2.75, 3.05) is 51.9 Å². The van der Waals surface area contributed by atoms with Gasteiger partial charge < -0.3 is 19.3 Å². The number of ether oxygens (including phenoxy) is 2. The van der Waals surface area contributed by atoms with Crippen LogP contribution in [0.5, 0.6) is 5.75 Å². The first kappa shape index (κ1) is 16.9. The third kappa shape index (κ3) is 3.15. The van der Waals surface area contributed by atoms with E-state index >= 15 is 0 Å². The molecule has 0 radical (unpaired) electrons. The molecule has 2 aromatic carbocycles. The number of benzene rings is 2. The molecular weight excluding hydrogens is 326 g/mol.